The second-order valence-corrected chi connectivity index (χ2v) is 6.70. The number of aryl methyl sites for hydroxylation is 1. The molecular weight excluding hydrogens is 298 g/mol. The van der Waals surface area contributed by atoms with Gasteiger partial charge in [-0.2, -0.15) is 5.10 Å². The molecule has 1 amide bonds. The van der Waals surface area contributed by atoms with Crippen LogP contribution >= 0.6 is 0 Å². The van der Waals surface area contributed by atoms with Crippen molar-refractivity contribution in [3.05, 3.63) is 18.0 Å². The van der Waals surface area contributed by atoms with E-state index in [9.17, 15) is 9.59 Å². The van der Waals surface area contributed by atoms with Gasteiger partial charge in [0.15, 0.2) is 0 Å². The van der Waals surface area contributed by atoms with Gasteiger partial charge in [0, 0.05) is 25.8 Å². The monoisotopic (exact) mass is 321 g/mol. The minimum Gasteiger partial charge on any atom is -0.458 e. The fourth-order valence-corrected chi connectivity index (χ4v) is 3.35. The van der Waals surface area contributed by atoms with E-state index in [1.54, 1.807) is 6.20 Å². The van der Waals surface area contributed by atoms with Gasteiger partial charge in [-0.15, -0.1) is 0 Å². The van der Waals surface area contributed by atoms with Crippen LogP contribution in [-0.4, -0.2) is 39.9 Å². The minimum atomic E-state index is -0.574. The quantitative estimate of drug-likeness (QED) is 0.842. The first-order valence-corrected chi connectivity index (χ1v) is 8.08. The van der Waals surface area contributed by atoms with Crippen molar-refractivity contribution >= 4 is 11.9 Å². The Kier molecular flexibility index (Phi) is 4.14. The molecule has 2 aliphatic heterocycles. The van der Waals surface area contributed by atoms with E-state index in [0.717, 1.165) is 12.2 Å². The highest BCUT2D eigenvalue weighted by molar-refractivity contribution is 5.87. The van der Waals surface area contributed by atoms with Crippen molar-refractivity contribution in [2.24, 2.45) is 5.92 Å². The molecule has 2 aliphatic rings. The van der Waals surface area contributed by atoms with Crippen LogP contribution < -0.4 is 5.32 Å². The third-order valence-corrected chi connectivity index (χ3v) is 4.44. The van der Waals surface area contributed by atoms with Gasteiger partial charge in [0.1, 0.15) is 17.7 Å². The Labute approximate surface area is 135 Å². The van der Waals surface area contributed by atoms with Crippen LogP contribution in [0.2, 0.25) is 0 Å². The first-order chi connectivity index (χ1) is 10.9. The Hall–Kier alpha value is -1.89. The largest absolute Gasteiger partial charge is 0.458 e. The molecule has 7 heteroatoms. The number of hydrogen-bond acceptors (Lipinski definition) is 5. The van der Waals surface area contributed by atoms with Gasteiger partial charge in [0.25, 0.3) is 0 Å². The molecule has 0 radical (unpaired) electrons. The predicted octanol–water partition coefficient (Wildman–Crippen LogP) is 1.19. The molecule has 1 N–H and O–H groups in total. The summed E-state index contributed by atoms with van der Waals surface area (Å²) in [6.45, 7) is 6.94. The predicted molar refractivity (Wildman–Crippen MR) is 81.4 cm³/mol. The first kappa shape index (κ1) is 16.0. The molecule has 2 fully saturated rings. The van der Waals surface area contributed by atoms with Crippen LogP contribution in [-0.2, 0) is 25.6 Å². The van der Waals surface area contributed by atoms with Crippen LogP contribution in [0.3, 0.4) is 0 Å². The number of cyclic esters (lactones) is 1. The maximum Gasteiger partial charge on any atom is 0.329 e. The Balaban J connectivity index is 1.71. The highest BCUT2D eigenvalue weighted by atomic mass is 16.6. The molecule has 1 aromatic heterocycles. The molecule has 7 nitrogen and oxygen atoms in total. The molecule has 23 heavy (non-hydrogen) atoms. The van der Waals surface area contributed by atoms with E-state index in [2.05, 4.69) is 10.4 Å². The minimum absolute atomic E-state index is 0.156. The van der Waals surface area contributed by atoms with Crippen LogP contribution in [0.1, 0.15) is 45.4 Å². The van der Waals surface area contributed by atoms with Gasteiger partial charge in [-0.3, -0.25) is 9.48 Å². The highest BCUT2D eigenvalue weighted by Crippen LogP contribution is 2.35. The van der Waals surface area contributed by atoms with Crippen LogP contribution in [0.25, 0.3) is 0 Å². The van der Waals surface area contributed by atoms with Crippen molar-refractivity contribution in [2.45, 2.75) is 57.9 Å². The van der Waals surface area contributed by atoms with E-state index < -0.39 is 11.6 Å². The van der Waals surface area contributed by atoms with Crippen molar-refractivity contribution in [1.29, 1.82) is 0 Å². The number of ether oxygens (including phenoxy) is 2. The van der Waals surface area contributed by atoms with E-state index in [1.165, 1.54) is 0 Å². The topological polar surface area (TPSA) is 82.5 Å². The summed E-state index contributed by atoms with van der Waals surface area (Å²) in [6.07, 6.45) is 2.52. The molecular formula is C16H23N3O4. The number of amides is 1. The fraction of sp³-hybridized carbons (Fsp3) is 0.688. The van der Waals surface area contributed by atoms with Crippen LogP contribution in [0.15, 0.2) is 12.3 Å². The lowest BCUT2D eigenvalue weighted by Crippen LogP contribution is -2.42. The SMILES string of the molecule is CCn1nccc1[C@@H]1OCC[C@H]1C(=O)N[C@@H]1CC(C)(C)OC1=O. The lowest BCUT2D eigenvalue weighted by atomic mass is 9.96. The average Bonchev–Trinajstić information content (AvgIpc) is 3.17. The zero-order chi connectivity index (χ0) is 16.6. The Bertz CT molecular complexity index is 610. The smallest absolute Gasteiger partial charge is 0.329 e. The zero-order valence-corrected chi connectivity index (χ0v) is 13.7. The lowest BCUT2D eigenvalue weighted by molar-refractivity contribution is -0.148. The second-order valence-electron chi connectivity index (χ2n) is 6.70. The Morgan fingerprint density at radius 1 is 1.52 bits per heavy atom. The van der Waals surface area contributed by atoms with E-state index in [0.29, 0.717) is 19.4 Å². The summed E-state index contributed by atoms with van der Waals surface area (Å²) >= 11 is 0. The van der Waals surface area contributed by atoms with Gasteiger partial charge < -0.3 is 14.8 Å². The van der Waals surface area contributed by atoms with Crippen LogP contribution in [0.4, 0.5) is 0 Å². The lowest BCUT2D eigenvalue weighted by Gasteiger charge is -2.20. The van der Waals surface area contributed by atoms with Crippen molar-refractivity contribution in [2.75, 3.05) is 6.61 Å². The number of nitrogens with one attached hydrogen (secondary N) is 1. The van der Waals surface area contributed by atoms with Crippen molar-refractivity contribution in [3.8, 4) is 0 Å². The summed E-state index contributed by atoms with van der Waals surface area (Å²) in [5.41, 5.74) is 0.376. The van der Waals surface area contributed by atoms with Crippen molar-refractivity contribution < 1.29 is 19.1 Å². The number of carbonyl (C=O) groups is 2. The van der Waals surface area contributed by atoms with Gasteiger partial charge >= 0.3 is 5.97 Å². The summed E-state index contributed by atoms with van der Waals surface area (Å²) < 4.78 is 12.9. The summed E-state index contributed by atoms with van der Waals surface area (Å²) in [5.74, 6) is -0.832. The second kappa shape index (κ2) is 5.96. The van der Waals surface area contributed by atoms with E-state index in [-0.39, 0.29) is 23.9 Å². The third kappa shape index (κ3) is 3.10. The summed E-state index contributed by atoms with van der Waals surface area (Å²) in [7, 11) is 0. The van der Waals surface area contributed by atoms with E-state index in [1.807, 2.05) is 31.5 Å². The van der Waals surface area contributed by atoms with Crippen LogP contribution in [0, 0.1) is 5.92 Å². The molecule has 3 rings (SSSR count). The number of nitrogens with zero attached hydrogens (tertiary/aromatic N) is 2. The van der Waals surface area contributed by atoms with Crippen molar-refractivity contribution in [3.63, 3.8) is 0 Å². The maximum atomic E-state index is 12.6. The van der Waals surface area contributed by atoms with Gasteiger partial charge in [0.05, 0.1) is 11.6 Å². The van der Waals surface area contributed by atoms with E-state index >= 15 is 0 Å². The average molecular weight is 321 g/mol. The number of hydrogen-bond donors (Lipinski definition) is 1. The van der Waals surface area contributed by atoms with Gasteiger partial charge in [0.2, 0.25) is 5.91 Å². The highest BCUT2D eigenvalue weighted by Gasteiger charge is 2.43. The molecule has 0 aliphatic carbocycles. The molecule has 0 aromatic carbocycles. The standard InChI is InChI=1S/C16H23N3O4/c1-4-19-12(5-7-17-19)13-10(6-8-22-13)14(20)18-11-9-16(2,3)23-15(11)21/h5,7,10-11,13H,4,6,8-9H2,1-3H3,(H,18,20)/t10-,11-,13-/m1/s1. The third-order valence-electron chi connectivity index (χ3n) is 4.44. The van der Waals surface area contributed by atoms with Crippen molar-refractivity contribution in [1.82, 2.24) is 15.1 Å². The zero-order valence-electron chi connectivity index (χ0n) is 13.7. The maximum absolute atomic E-state index is 12.6. The normalized spacial score (nSPS) is 29.5. The summed E-state index contributed by atoms with van der Waals surface area (Å²) in [6, 6.07) is 1.31. The summed E-state index contributed by atoms with van der Waals surface area (Å²) in [4.78, 5) is 24.5. The Morgan fingerprint density at radius 3 is 2.96 bits per heavy atom. The van der Waals surface area contributed by atoms with E-state index in [4.69, 9.17) is 9.47 Å². The van der Waals surface area contributed by atoms with Gasteiger partial charge in [-0.1, -0.05) is 0 Å². The molecule has 0 spiro atoms. The van der Waals surface area contributed by atoms with Gasteiger partial charge in [-0.05, 0) is 33.3 Å². The molecule has 126 valence electrons. The number of carbonyl (C=O) groups excluding carboxylic acids is 2. The Morgan fingerprint density at radius 2 is 2.30 bits per heavy atom. The van der Waals surface area contributed by atoms with Crippen LogP contribution in [0.5, 0.6) is 0 Å². The fourth-order valence-electron chi connectivity index (χ4n) is 3.35. The molecule has 0 saturated carbocycles. The number of esters is 1. The van der Waals surface area contributed by atoms with Gasteiger partial charge in [-0.25, -0.2) is 4.79 Å². The number of rotatable bonds is 4. The molecule has 0 bridgehead atoms. The first-order valence-electron chi connectivity index (χ1n) is 8.08. The molecule has 3 atom stereocenters. The molecule has 0 unspecified atom stereocenters. The molecule has 3 heterocycles. The molecule has 2 saturated heterocycles. The number of aromatic nitrogens is 2. The summed E-state index contributed by atoms with van der Waals surface area (Å²) in [5, 5.41) is 7.07. The molecule has 1 aromatic rings.